The number of hydrogen-bond donors (Lipinski definition) is 2. The van der Waals surface area contributed by atoms with Crippen molar-refractivity contribution in [2.75, 3.05) is 18.6 Å². The normalized spacial score (nSPS) is 12.1. The highest BCUT2D eigenvalue weighted by Gasteiger charge is 2.38. The molecular weight excluding hydrogens is 530 g/mol. The molecule has 2 aromatic carbocycles. The molecule has 0 amide bonds. The third-order valence-electron chi connectivity index (χ3n) is 4.81. The number of nitrogens with two attached hydrogens (primary N) is 2. The van der Waals surface area contributed by atoms with E-state index in [1.165, 1.54) is 0 Å². The summed E-state index contributed by atoms with van der Waals surface area (Å²) >= 11 is 11.7. The van der Waals surface area contributed by atoms with Gasteiger partial charge in [-0.15, -0.1) is 0 Å². The summed E-state index contributed by atoms with van der Waals surface area (Å²) in [6.07, 6.45) is -9.92. The van der Waals surface area contributed by atoms with E-state index >= 15 is 4.39 Å². The Balaban J connectivity index is 2.33. The molecule has 1 heterocycles. The lowest BCUT2D eigenvalue weighted by molar-refractivity contribution is -0.138. The molecule has 0 atom stereocenters. The van der Waals surface area contributed by atoms with Gasteiger partial charge in [0.15, 0.2) is 11.5 Å². The number of carbonyl (C=O) groups excluding carboxylic acids is 1. The number of aromatic nitrogens is 1. The number of nitrogens with zero attached hydrogens (tertiary/aromatic N) is 1. The van der Waals surface area contributed by atoms with Crippen LogP contribution in [-0.4, -0.2) is 17.9 Å². The van der Waals surface area contributed by atoms with Gasteiger partial charge in [0.25, 0.3) is 0 Å². The Kier molecular flexibility index (Phi) is 6.84. The van der Waals surface area contributed by atoms with Gasteiger partial charge >= 0.3 is 12.4 Å². The number of pyridine rings is 1. The molecule has 0 bridgehead atoms. The van der Waals surface area contributed by atoms with Crippen LogP contribution in [0.3, 0.4) is 0 Å². The molecule has 0 aliphatic rings. The predicted octanol–water partition coefficient (Wildman–Crippen LogP) is 6.64. The summed E-state index contributed by atoms with van der Waals surface area (Å²) in [6.45, 7) is 0. The van der Waals surface area contributed by atoms with Crippen LogP contribution in [0.5, 0.6) is 5.88 Å². The third kappa shape index (κ3) is 4.80. The van der Waals surface area contributed by atoms with Gasteiger partial charge < -0.3 is 16.2 Å². The number of benzene rings is 2. The number of ketones is 1. The standard InChI is InChI=1S/C21H12Cl2F7N3O2/c1-35-12-6-7(13-10(31)4-2-8(15(13)22)20(25,26)27)17(24)18(33-12)19(34)14-11(32)5-3-9(16(14)23)21(28,29)30/h2-6H,31-32H2,1H3. The predicted molar refractivity (Wildman–Crippen MR) is 115 cm³/mol. The van der Waals surface area contributed by atoms with Crippen LogP contribution in [0.4, 0.5) is 42.1 Å². The number of halogens is 9. The van der Waals surface area contributed by atoms with Crippen molar-refractivity contribution in [2.45, 2.75) is 12.4 Å². The first-order valence-corrected chi connectivity index (χ1v) is 9.95. The van der Waals surface area contributed by atoms with Crippen LogP contribution in [0, 0.1) is 5.82 Å². The number of anilines is 2. The molecule has 0 fully saturated rings. The van der Waals surface area contributed by atoms with E-state index in [0.29, 0.717) is 12.1 Å². The lowest BCUT2D eigenvalue weighted by Gasteiger charge is -2.18. The van der Waals surface area contributed by atoms with E-state index in [4.69, 9.17) is 39.4 Å². The molecule has 35 heavy (non-hydrogen) atoms. The lowest BCUT2D eigenvalue weighted by Crippen LogP contribution is -2.16. The Hall–Kier alpha value is -3.25. The quantitative estimate of drug-likeness (QED) is 0.219. The van der Waals surface area contributed by atoms with Crippen molar-refractivity contribution in [1.82, 2.24) is 4.98 Å². The molecule has 0 radical (unpaired) electrons. The van der Waals surface area contributed by atoms with Crippen molar-refractivity contribution in [3.05, 3.63) is 68.6 Å². The zero-order chi connectivity index (χ0) is 26.5. The summed E-state index contributed by atoms with van der Waals surface area (Å²) in [5, 5.41) is -2.11. The van der Waals surface area contributed by atoms with Crippen molar-refractivity contribution < 1.29 is 40.3 Å². The van der Waals surface area contributed by atoms with E-state index in [0.717, 1.165) is 25.3 Å². The molecule has 0 aliphatic heterocycles. The van der Waals surface area contributed by atoms with E-state index in [-0.39, 0.29) is 0 Å². The number of alkyl halides is 6. The Morgan fingerprint density at radius 2 is 1.43 bits per heavy atom. The summed E-state index contributed by atoms with van der Waals surface area (Å²) in [5.41, 5.74) is 4.25. The van der Waals surface area contributed by atoms with Crippen LogP contribution in [0.15, 0.2) is 30.3 Å². The molecular formula is C21H12Cl2F7N3O2. The zero-order valence-electron chi connectivity index (χ0n) is 17.2. The van der Waals surface area contributed by atoms with E-state index < -0.39 is 84.8 Å². The smallest absolute Gasteiger partial charge is 0.417 e. The maximum absolute atomic E-state index is 15.6. The number of carbonyl (C=O) groups is 1. The molecule has 3 aromatic rings. The van der Waals surface area contributed by atoms with Gasteiger partial charge in [0, 0.05) is 28.6 Å². The van der Waals surface area contributed by atoms with E-state index in [9.17, 15) is 31.1 Å². The van der Waals surface area contributed by atoms with Gasteiger partial charge in [0.05, 0.1) is 33.8 Å². The van der Waals surface area contributed by atoms with Gasteiger partial charge in [-0.05, 0) is 24.3 Å². The molecule has 0 unspecified atom stereocenters. The first-order chi connectivity index (χ1) is 16.1. The van der Waals surface area contributed by atoms with Crippen molar-refractivity contribution in [3.63, 3.8) is 0 Å². The van der Waals surface area contributed by atoms with Crippen molar-refractivity contribution >= 4 is 40.4 Å². The number of hydrogen-bond acceptors (Lipinski definition) is 5. The lowest BCUT2D eigenvalue weighted by atomic mass is 9.96. The van der Waals surface area contributed by atoms with Crippen molar-refractivity contribution in [3.8, 4) is 17.0 Å². The monoisotopic (exact) mass is 541 g/mol. The number of ether oxygens (including phenoxy) is 1. The largest absolute Gasteiger partial charge is 0.481 e. The fourth-order valence-corrected chi connectivity index (χ4v) is 3.93. The molecule has 0 saturated heterocycles. The average molecular weight is 542 g/mol. The highest BCUT2D eigenvalue weighted by molar-refractivity contribution is 6.37. The minimum Gasteiger partial charge on any atom is -0.481 e. The number of nitrogen functional groups attached to an aromatic ring is 2. The minimum absolute atomic E-state index is 0.398. The van der Waals surface area contributed by atoms with Crippen molar-refractivity contribution in [1.29, 1.82) is 0 Å². The van der Waals surface area contributed by atoms with E-state index in [2.05, 4.69) is 4.98 Å². The third-order valence-corrected chi connectivity index (χ3v) is 5.60. The van der Waals surface area contributed by atoms with E-state index in [1.807, 2.05) is 0 Å². The SMILES string of the molecule is COc1cc(-c2c(N)ccc(C(F)(F)F)c2Cl)c(F)c(C(=O)c2c(N)ccc(C(F)(F)F)c2Cl)n1. The van der Waals surface area contributed by atoms with Crippen LogP contribution in [0.1, 0.15) is 27.2 Å². The second kappa shape index (κ2) is 9.08. The van der Waals surface area contributed by atoms with Crippen LogP contribution in [0.25, 0.3) is 11.1 Å². The Bertz CT molecular complexity index is 1340. The van der Waals surface area contributed by atoms with Gasteiger partial charge in [-0.2, -0.15) is 26.3 Å². The average Bonchev–Trinajstić information content (AvgIpc) is 2.72. The van der Waals surface area contributed by atoms with Gasteiger partial charge in [-0.25, -0.2) is 9.37 Å². The number of rotatable bonds is 4. The van der Waals surface area contributed by atoms with Crippen LogP contribution in [-0.2, 0) is 12.4 Å². The maximum atomic E-state index is 15.6. The summed E-state index contributed by atoms with van der Waals surface area (Å²) in [5.74, 6) is -3.52. The number of methoxy groups -OCH3 is 1. The minimum atomic E-state index is -4.98. The molecule has 4 N–H and O–H groups in total. The maximum Gasteiger partial charge on any atom is 0.417 e. The van der Waals surface area contributed by atoms with Gasteiger partial charge in [-0.1, -0.05) is 23.2 Å². The molecule has 14 heteroatoms. The molecule has 3 rings (SSSR count). The van der Waals surface area contributed by atoms with Gasteiger partial charge in [-0.3, -0.25) is 4.79 Å². The molecule has 186 valence electrons. The van der Waals surface area contributed by atoms with Crippen LogP contribution >= 0.6 is 23.2 Å². The first-order valence-electron chi connectivity index (χ1n) is 9.19. The summed E-state index contributed by atoms with van der Waals surface area (Å²) in [7, 11) is 1.04. The Labute approximate surface area is 202 Å². The second-order valence-electron chi connectivity index (χ2n) is 6.98. The van der Waals surface area contributed by atoms with Crippen LogP contribution < -0.4 is 16.2 Å². The first kappa shape index (κ1) is 26.4. The van der Waals surface area contributed by atoms with Gasteiger partial charge in [0.1, 0.15) is 0 Å². The molecule has 1 aromatic heterocycles. The summed E-state index contributed by atoms with van der Waals surface area (Å²) in [6, 6.07) is 3.48. The Morgan fingerprint density at radius 3 is 1.94 bits per heavy atom. The highest BCUT2D eigenvalue weighted by Crippen LogP contribution is 2.45. The second-order valence-corrected chi connectivity index (χ2v) is 7.74. The Morgan fingerprint density at radius 1 is 0.914 bits per heavy atom. The topological polar surface area (TPSA) is 91.2 Å². The highest BCUT2D eigenvalue weighted by atomic mass is 35.5. The van der Waals surface area contributed by atoms with Gasteiger partial charge in [0.2, 0.25) is 11.7 Å². The molecule has 0 aliphatic carbocycles. The zero-order valence-corrected chi connectivity index (χ0v) is 18.7. The summed E-state index contributed by atoms with van der Waals surface area (Å²) < 4.78 is 100. The summed E-state index contributed by atoms with van der Waals surface area (Å²) in [4.78, 5) is 16.7. The van der Waals surface area contributed by atoms with Crippen LogP contribution in [0.2, 0.25) is 10.0 Å². The van der Waals surface area contributed by atoms with E-state index in [1.54, 1.807) is 0 Å². The fraction of sp³-hybridized carbons (Fsp3) is 0.143. The molecule has 0 spiro atoms. The molecule has 5 nitrogen and oxygen atoms in total. The fourth-order valence-electron chi connectivity index (χ4n) is 3.19. The van der Waals surface area contributed by atoms with Crippen molar-refractivity contribution in [2.24, 2.45) is 0 Å². The molecule has 0 saturated carbocycles.